The molecule has 0 saturated carbocycles. The molecule has 2 aromatic heterocycles. The minimum absolute atomic E-state index is 0.00784. The highest BCUT2D eigenvalue weighted by molar-refractivity contribution is 7.23. The van der Waals surface area contributed by atoms with E-state index >= 15 is 0 Å². The second kappa shape index (κ2) is 10.2. The van der Waals surface area contributed by atoms with Crippen molar-refractivity contribution in [3.8, 4) is 22.6 Å². The highest BCUT2D eigenvalue weighted by Gasteiger charge is 2.23. The molecule has 0 unspecified atom stereocenters. The number of methoxy groups -OCH3 is 2. The number of anilines is 1. The number of aryl methyl sites for hydroxylation is 1. The highest BCUT2D eigenvalue weighted by Crippen LogP contribution is 2.40. The maximum Gasteiger partial charge on any atom is 0.259 e. The fourth-order valence-electron chi connectivity index (χ4n) is 4.44. The number of amides is 1. The molecule has 1 aliphatic heterocycles. The summed E-state index contributed by atoms with van der Waals surface area (Å²) in [5, 5.41) is 7.60. The summed E-state index contributed by atoms with van der Waals surface area (Å²) in [6.07, 6.45) is 3.48. The van der Waals surface area contributed by atoms with E-state index in [0.717, 1.165) is 58.8 Å². The Balaban J connectivity index is 1.79. The normalized spacial score (nSPS) is 14.5. The van der Waals surface area contributed by atoms with E-state index in [2.05, 4.69) is 15.5 Å². The van der Waals surface area contributed by atoms with Crippen molar-refractivity contribution in [2.24, 2.45) is 13.0 Å². The Morgan fingerprint density at radius 1 is 1.18 bits per heavy atom. The molecule has 1 amide bonds. The van der Waals surface area contributed by atoms with E-state index in [0.29, 0.717) is 16.9 Å². The number of aromatic nitrogens is 1. The lowest BCUT2D eigenvalue weighted by molar-refractivity contribution is -0.120. The van der Waals surface area contributed by atoms with Crippen molar-refractivity contribution in [1.82, 2.24) is 14.8 Å². The van der Waals surface area contributed by atoms with Crippen LogP contribution in [0.5, 0.6) is 11.5 Å². The number of thiophene rings is 1. The van der Waals surface area contributed by atoms with Crippen molar-refractivity contribution in [3.63, 3.8) is 0 Å². The molecule has 1 aliphatic rings. The van der Waals surface area contributed by atoms with E-state index in [4.69, 9.17) is 9.47 Å². The zero-order valence-electron chi connectivity index (χ0n) is 20.4. The number of pyridine rings is 1. The Labute approximate surface area is 203 Å². The molecule has 8 nitrogen and oxygen atoms in total. The van der Waals surface area contributed by atoms with Crippen LogP contribution < -0.4 is 25.7 Å². The van der Waals surface area contributed by atoms with Crippen LogP contribution in [0.1, 0.15) is 18.4 Å². The molecule has 0 atom stereocenters. The Morgan fingerprint density at radius 3 is 2.41 bits per heavy atom. The van der Waals surface area contributed by atoms with Crippen molar-refractivity contribution >= 4 is 32.3 Å². The van der Waals surface area contributed by atoms with Gasteiger partial charge in [-0.25, -0.2) is 0 Å². The molecule has 0 spiro atoms. The molecule has 1 saturated heterocycles. The minimum Gasteiger partial charge on any atom is -0.496 e. The first-order valence-corrected chi connectivity index (χ1v) is 12.2. The molecule has 1 aromatic carbocycles. The molecule has 2 N–H and O–H groups in total. The molecule has 9 heteroatoms. The third kappa shape index (κ3) is 4.82. The van der Waals surface area contributed by atoms with Crippen LogP contribution in [0.2, 0.25) is 0 Å². The van der Waals surface area contributed by atoms with Crippen molar-refractivity contribution in [2.45, 2.75) is 19.4 Å². The summed E-state index contributed by atoms with van der Waals surface area (Å²) >= 11 is 1.42. The number of benzene rings is 1. The van der Waals surface area contributed by atoms with E-state index in [1.807, 2.05) is 32.4 Å². The van der Waals surface area contributed by atoms with E-state index in [9.17, 15) is 9.59 Å². The molecule has 4 rings (SSSR count). The number of ether oxygens (including phenoxy) is 2. The van der Waals surface area contributed by atoms with Gasteiger partial charge in [0.05, 0.1) is 34.9 Å². The SMILES string of the molecule is COc1cc(-c2cn(C)c(=O)c3cc(NC(=O)C4CCNCC4)sc23)cc(OC)c1CN(C)C. The van der Waals surface area contributed by atoms with E-state index < -0.39 is 0 Å². The van der Waals surface area contributed by atoms with Gasteiger partial charge in [-0.2, -0.15) is 0 Å². The quantitative estimate of drug-likeness (QED) is 0.535. The average Bonchev–Trinajstić information content (AvgIpc) is 3.25. The van der Waals surface area contributed by atoms with Gasteiger partial charge in [0, 0.05) is 31.3 Å². The summed E-state index contributed by atoms with van der Waals surface area (Å²) in [5.74, 6) is 1.46. The Hall–Kier alpha value is -2.88. The van der Waals surface area contributed by atoms with Gasteiger partial charge in [-0.1, -0.05) is 0 Å². The summed E-state index contributed by atoms with van der Waals surface area (Å²) in [6, 6.07) is 5.75. The maximum atomic E-state index is 12.9. The van der Waals surface area contributed by atoms with Gasteiger partial charge >= 0.3 is 0 Å². The van der Waals surface area contributed by atoms with Gasteiger partial charge in [0.1, 0.15) is 11.5 Å². The molecule has 34 heavy (non-hydrogen) atoms. The van der Waals surface area contributed by atoms with Crippen LogP contribution in [-0.2, 0) is 18.4 Å². The van der Waals surface area contributed by atoms with Crippen LogP contribution in [0.15, 0.2) is 29.2 Å². The summed E-state index contributed by atoms with van der Waals surface area (Å²) < 4.78 is 13.8. The molecular formula is C25H32N4O4S. The third-order valence-corrected chi connectivity index (χ3v) is 7.28. The van der Waals surface area contributed by atoms with Gasteiger partial charge in [-0.15, -0.1) is 11.3 Å². The van der Waals surface area contributed by atoms with E-state index in [1.165, 1.54) is 11.3 Å². The number of rotatable bonds is 7. The van der Waals surface area contributed by atoms with Gasteiger partial charge in [-0.05, 0) is 63.8 Å². The number of nitrogens with one attached hydrogen (secondary N) is 2. The second-order valence-electron chi connectivity index (χ2n) is 8.92. The van der Waals surface area contributed by atoms with Gasteiger partial charge in [-0.3, -0.25) is 9.59 Å². The van der Waals surface area contributed by atoms with Gasteiger partial charge in [0.25, 0.3) is 5.56 Å². The van der Waals surface area contributed by atoms with Crippen LogP contribution in [0.25, 0.3) is 21.2 Å². The van der Waals surface area contributed by atoms with E-state index in [-0.39, 0.29) is 17.4 Å². The van der Waals surface area contributed by atoms with Crippen LogP contribution in [0.4, 0.5) is 5.00 Å². The smallest absolute Gasteiger partial charge is 0.259 e. The zero-order valence-corrected chi connectivity index (χ0v) is 21.2. The predicted octanol–water partition coefficient (Wildman–Crippen LogP) is 3.28. The second-order valence-corrected chi connectivity index (χ2v) is 9.98. The van der Waals surface area contributed by atoms with E-state index in [1.54, 1.807) is 31.9 Å². The van der Waals surface area contributed by atoms with Gasteiger partial charge in [0.2, 0.25) is 5.91 Å². The largest absolute Gasteiger partial charge is 0.496 e. The summed E-state index contributed by atoms with van der Waals surface area (Å²) in [7, 11) is 9.02. The Kier molecular flexibility index (Phi) is 7.25. The predicted molar refractivity (Wildman–Crippen MR) is 137 cm³/mol. The number of nitrogens with zero attached hydrogens (tertiary/aromatic N) is 2. The van der Waals surface area contributed by atoms with Crippen LogP contribution in [0.3, 0.4) is 0 Å². The average molecular weight is 485 g/mol. The summed E-state index contributed by atoms with van der Waals surface area (Å²) in [4.78, 5) is 27.8. The molecular weight excluding hydrogens is 452 g/mol. The number of hydrogen-bond donors (Lipinski definition) is 2. The molecule has 0 bridgehead atoms. The lowest BCUT2D eigenvalue weighted by Crippen LogP contribution is -2.34. The molecule has 1 fully saturated rings. The fourth-order valence-corrected chi connectivity index (χ4v) is 5.52. The lowest BCUT2D eigenvalue weighted by atomic mass is 9.97. The molecule has 0 radical (unpaired) electrons. The number of piperidine rings is 1. The van der Waals surface area contributed by atoms with Crippen molar-refractivity contribution < 1.29 is 14.3 Å². The molecule has 3 heterocycles. The summed E-state index contributed by atoms with van der Waals surface area (Å²) in [6.45, 7) is 2.37. The standard InChI is InChI=1S/C25H32N4O4S/c1-28(2)13-19-20(32-4)10-16(11-21(19)33-5)18-14-29(3)25(31)17-12-22(34-23(17)18)27-24(30)15-6-8-26-9-7-15/h10-12,14-15,26H,6-9,13H2,1-5H3,(H,27,30). The number of carbonyl (C=O) groups excluding carboxylic acids is 1. The number of hydrogen-bond acceptors (Lipinski definition) is 7. The molecule has 0 aliphatic carbocycles. The van der Waals surface area contributed by atoms with Gasteiger partial charge in [0.15, 0.2) is 0 Å². The lowest BCUT2D eigenvalue weighted by Gasteiger charge is -2.21. The molecule has 3 aromatic rings. The van der Waals surface area contributed by atoms with Crippen molar-refractivity contribution in [2.75, 3.05) is 46.7 Å². The maximum absolute atomic E-state index is 12.9. The monoisotopic (exact) mass is 484 g/mol. The zero-order chi connectivity index (χ0) is 24.4. The summed E-state index contributed by atoms with van der Waals surface area (Å²) in [5.41, 5.74) is 2.63. The van der Waals surface area contributed by atoms with Crippen LogP contribution in [-0.4, -0.2) is 56.8 Å². The number of carbonyl (C=O) groups is 1. The number of fused-ring (bicyclic) bond motifs is 1. The first kappa shape index (κ1) is 24.3. The van der Waals surface area contributed by atoms with Crippen LogP contribution >= 0.6 is 11.3 Å². The fraction of sp³-hybridized carbons (Fsp3) is 0.440. The minimum atomic E-state index is -0.0967. The van der Waals surface area contributed by atoms with Crippen LogP contribution in [0, 0.1) is 5.92 Å². The topological polar surface area (TPSA) is 84.8 Å². The Morgan fingerprint density at radius 2 is 1.82 bits per heavy atom. The van der Waals surface area contributed by atoms with Crippen molar-refractivity contribution in [3.05, 3.63) is 40.3 Å². The first-order chi connectivity index (χ1) is 16.3. The third-order valence-electron chi connectivity index (χ3n) is 6.20. The molecule has 182 valence electrons. The Bertz CT molecular complexity index is 1230. The first-order valence-electron chi connectivity index (χ1n) is 11.4. The highest BCUT2D eigenvalue weighted by atomic mass is 32.1. The van der Waals surface area contributed by atoms with Crippen molar-refractivity contribution in [1.29, 1.82) is 0 Å². The van der Waals surface area contributed by atoms with Gasteiger partial charge < -0.3 is 29.6 Å².